The van der Waals surface area contributed by atoms with Crippen molar-refractivity contribution >= 4 is 5.97 Å². The van der Waals surface area contributed by atoms with Crippen molar-refractivity contribution in [2.75, 3.05) is 0 Å². The smallest absolute Gasteiger partial charge is 0.307 e. The summed E-state index contributed by atoms with van der Waals surface area (Å²) < 4.78 is 4.88. The average Bonchev–Trinajstić information content (AvgIpc) is 2.60. The average molecular weight is 166 g/mol. The fraction of sp³-hybridized carbons (Fsp3) is 0.700. The van der Waals surface area contributed by atoms with Gasteiger partial charge < -0.3 is 4.74 Å². The summed E-state index contributed by atoms with van der Waals surface area (Å²) in [6.07, 6.45) is 6.86. The fourth-order valence-corrected chi connectivity index (χ4v) is 2.40. The molecule has 2 nitrogen and oxygen atoms in total. The molecule has 0 saturated heterocycles. The van der Waals surface area contributed by atoms with Gasteiger partial charge in [-0.25, -0.2) is 0 Å². The van der Waals surface area contributed by atoms with E-state index >= 15 is 0 Å². The highest BCUT2D eigenvalue weighted by atomic mass is 16.5. The predicted molar refractivity (Wildman–Crippen MR) is 45.3 cm³/mol. The molecular weight excluding hydrogens is 152 g/mol. The van der Waals surface area contributed by atoms with Crippen molar-refractivity contribution in [3.8, 4) is 0 Å². The molecule has 0 aliphatic heterocycles. The molecule has 2 bridgehead atoms. The number of esters is 1. The van der Waals surface area contributed by atoms with E-state index in [0.717, 1.165) is 18.3 Å². The van der Waals surface area contributed by atoms with Gasteiger partial charge in [-0.1, -0.05) is 0 Å². The van der Waals surface area contributed by atoms with Crippen molar-refractivity contribution in [2.24, 2.45) is 11.8 Å². The lowest BCUT2D eigenvalue weighted by Gasteiger charge is -2.11. The summed E-state index contributed by atoms with van der Waals surface area (Å²) in [4.78, 5) is 10.5. The second-order valence-corrected chi connectivity index (χ2v) is 3.88. The van der Waals surface area contributed by atoms with Crippen molar-refractivity contribution in [1.82, 2.24) is 0 Å². The van der Waals surface area contributed by atoms with Crippen LogP contribution in [0.15, 0.2) is 11.8 Å². The molecule has 2 heteroatoms. The second-order valence-electron chi connectivity index (χ2n) is 3.88. The number of allylic oxidation sites excluding steroid dienone is 1. The topological polar surface area (TPSA) is 26.3 Å². The first-order valence-corrected chi connectivity index (χ1v) is 4.62. The second kappa shape index (κ2) is 2.92. The maximum atomic E-state index is 10.5. The van der Waals surface area contributed by atoms with E-state index < -0.39 is 0 Å². The molecule has 2 aliphatic carbocycles. The van der Waals surface area contributed by atoms with Gasteiger partial charge in [0.25, 0.3) is 0 Å². The normalized spacial score (nSPS) is 35.9. The van der Waals surface area contributed by atoms with E-state index in [0.29, 0.717) is 0 Å². The number of carbonyl (C=O) groups is 1. The molecule has 0 heterocycles. The third kappa shape index (κ3) is 1.38. The summed E-state index contributed by atoms with van der Waals surface area (Å²) >= 11 is 0. The van der Waals surface area contributed by atoms with Crippen molar-refractivity contribution in [3.63, 3.8) is 0 Å². The Bertz CT molecular complexity index is 230. The van der Waals surface area contributed by atoms with Gasteiger partial charge in [0.2, 0.25) is 0 Å². The first kappa shape index (κ1) is 7.84. The molecule has 2 fully saturated rings. The molecule has 66 valence electrons. The number of fused-ring (bicyclic) bond motifs is 2. The molecule has 0 radical (unpaired) electrons. The molecule has 0 spiro atoms. The highest BCUT2D eigenvalue weighted by Gasteiger charge is 2.35. The molecule has 12 heavy (non-hydrogen) atoms. The van der Waals surface area contributed by atoms with Crippen LogP contribution in [0.1, 0.15) is 32.6 Å². The van der Waals surface area contributed by atoms with Crippen molar-refractivity contribution in [3.05, 3.63) is 11.8 Å². The van der Waals surface area contributed by atoms with Gasteiger partial charge in [-0.05, 0) is 43.1 Å². The van der Waals surface area contributed by atoms with E-state index in [1.165, 1.54) is 31.8 Å². The Morgan fingerprint density at radius 1 is 1.58 bits per heavy atom. The van der Waals surface area contributed by atoms with E-state index in [4.69, 9.17) is 4.74 Å². The molecule has 0 aromatic heterocycles. The van der Waals surface area contributed by atoms with Crippen LogP contribution in [-0.4, -0.2) is 5.97 Å². The lowest BCUT2D eigenvalue weighted by Crippen LogP contribution is -2.00. The maximum absolute atomic E-state index is 10.5. The van der Waals surface area contributed by atoms with Crippen LogP contribution in [0.25, 0.3) is 0 Å². The number of hydrogen-bond donors (Lipinski definition) is 0. The summed E-state index contributed by atoms with van der Waals surface area (Å²) in [6.45, 7) is 1.45. The minimum Gasteiger partial charge on any atom is -0.435 e. The predicted octanol–water partition coefficient (Wildman–Crippen LogP) is 2.25. The summed E-state index contributed by atoms with van der Waals surface area (Å²) in [5.74, 6) is 1.41. The zero-order valence-corrected chi connectivity index (χ0v) is 7.38. The lowest BCUT2D eigenvalue weighted by molar-refractivity contribution is -0.135. The Morgan fingerprint density at radius 2 is 2.42 bits per heavy atom. The van der Waals surface area contributed by atoms with Crippen molar-refractivity contribution in [1.29, 1.82) is 0 Å². The van der Waals surface area contributed by atoms with E-state index in [-0.39, 0.29) is 5.97 Å². The van der Waals surface area contributed by atoms with E-state index in [1.54, 1.807) is 6.26 Å². The Labute approximate surface area is 72.6 Å². The van der Waals surface area contributed by atoms with Gasteiger partial charge in [0, 0.05) is 6.92 Å². The first-order valence-electron chi connectivity index (χ1n) is 4.62. The van der Waals surface area contributed by atoms with Crippen molar-refractivity contribution in [2.45, 2.75) is 32.6 Å². The monoisotopic (exact) mass is 166 g/mol. The number of carbonyl (C=O) groups excluding carboxylic acids is 1. The van der Waals surface area contributed by atoms with E-state index in [2.05, 4.69) is 0 Å². The minimum absolute atomic E-state index is 0.203. The van der Waals surface area contributed by atoms with Crippen LogP contribution in [0.3, 0.4) is 0 Å². The van der Waals surface area contributed by atoms with E-state index in [9.17, 15) is 4.79 Å². The molecule has 0 amide bonds. The molecule has 2 saturated carbocycles. The maximum Gasteiger partial charge on any atom is 0.307 e. The van der Waals surface area contributed by atoms with Crippen LogP contribution in [0, 0.1) is 11.8 Å². The SMILES string of the molecule is CC(=O)OC=C1CC2CCC1C2. The molecular formula is C10H14O2. The summed E-state index contributed by atoms with van der Waals surface area (Å²) in [5, 5.41) is 0. The summed E-state index contributed by atoms with van der Waals surface area (Å²) in [7, 11) is 0. The molecule has 0 aromatic carbocycles. The van der Waals surface area contributed by atoms with Gasteiger partial charge in [0.15, 0.2) is 0 Å². The Balaban J connectivity index is 1.97. The van der Waals surface area contributed by atoms with Crippen LogP contribution in [0.4, 0.5) is 0 Å². The summed E-state index contributed by atoms with van der Waals surface area (Å²) in [5.41, 5.74) is 1.36. The lowest BCUT2D eigenvalue weighted by atomic mass is 9.96. The molecule has 0 N–H and O–H groups in total. The van der Waals surface area contributed by atoms with Gasteiger partial charge in [-0.15, -0.1) is 0 Å². The third-order valence-corrected chi connectivity index (χ3v) is 2.97. The van der Waals surface area contributed by atoms with Crippen LogP contribution in [-0.2, 0) is 9.53 Å². The highest BCUT2D eigenvalue weighted by molar-refractivity contribution is 5.66. The van der Waals surface area contributed by atoms with Gasteiger partial charge >= 0.3 is 5.97 Å². The molecule has 2 aliphatic rings. The Kier molecular flexibility index (Phi) is 1.91. The largest absolute Gasteiger partial charge is 0.435 e. The van der Waals surface area contributed by atoms with E-state index in [1.807, 2.05) is 0 Å². The summed E-state index contributed by atoms with van der Waals surface area (Å²) in [6, 6.07) is 0. The number of ether oxygens (including phenoxy) is 1. The zero-order valence-electron chi connectivity index (χ0n) is 7.38. The third-order valence-electron chi connectivity index (χ3n) is 2.97. The molecule has 2 atom stereocenters. The number of rotatable bonds is 1. The van der Waals surface area contributed by atoms with Gasteiger partial charge in [-0.2, -0.15) is 0 Å². The Morgan fingerprint density at radius 3 is 2.92 bits per heavy atom. The molecule has 2 unspecified atom stereocenters. The number of hydrogen-bond acceptors (Lipinski definition) is 2. The molecule has 0 aromatic rings. The van der Waals surface area contributed by atoms with Gasteiger partial charge in [-0.3, -0.25) is 4.79 Å². The van der Waals surface area contributed by atoms with Crippen LogP contribution < -0.4 is 0 Å². The van der Waals surface area contributed by atoms with Gasteiger partial charge in [0.1, 0.15) is 0 Å². The molecule has 2 rings (SSSR count). The zero-order chi connectivity index (χ0) is 8.55. The Hall–Kier alpha value is -0.790. The first-order chi connectivity index (χ1) is 5.75. The van der Waals surface area contributed by atoms with Crippen LogP contribution in [0.2, 0.25) is 0 Å². The fourth-order valence-electron chi connectivity index (χ4n) is 2.40. The van der Waals surface area contributed by atoms with Crippen LogP contribution >= 0.6 is 0 Å². The highest BCUT2D eigenvalue weighted by Crippen LogP contribution is 2.47. The van der Waals surface area contributed by atoms with Gasteiger partial charge in [0.05, 0.1) is 6.26 Å². The van der Waals surface area contributed by atoms with Crippen molar-refractivity contribution < 1.29 is 9.53 Å². The minimum atomic E-state index is -0.203. The standard InChI is InChI=1S/C10H14O2/c1-7(11)12-6-10-5-8-2-3-9(10)4-8/h6,8-9H,2-5H2,1H3. The van der Waals surface area contributed by atoms with Crippen LogP contribution in [0.5, 0.6) is 0 Å². The quantitative estimate of drug-likeness (QED) is 0.441.